The molecular formula is C22H26O8S2. The second-order valence-electron chi connectivity index (χ2n) is 7.35. The third-order valence-corrected chi connectivity index (χ3v) is 10.8. The van der Waals surface area contributed by atoms with Gasteiger partial charge < -0.3 is 10.2 Å². The summed E-state index contributed by atoms with van der Waals surface area (Å²) < 4.78 is 51.0. The Labute approximate surface area is 187 Å². The van der Waals surface area contributed by atoms with Gasteiger partial charge in [-0.15, -0.1) is 0 Å². The van der Waals surface area contributed by atoms with Gasteiger partial charge in [0.05, 0.1) is 9.79 Å². The molecule has 2 N–H and O–H groups in total. The van der Waals surface area contributed by atoms with E-state index in [1.165, 1.54) is 48.5 Å². The number of carbonyl (C=O) groups is 2. The largest absolute Gasteiger partial charge is 0.481 e. The van der Waals surface area contributed by atoms with Crippen molar-refractivity contribution in [1.82, 2.24) is 0 Å². The Morgan fingerprint density at radius 3 is 1.47 bits per heavy atom. The molecule has 2 rings (SSSR count). The van der Waals surface area contributed by atoms with Gasteiger partial charge in [-0.1, -0.05) is 62.1 Å². The number of unbranched alkanes of at least 4 members (excludes halogenated alkanes) is 4. The van der Waals surface area contributed by atoms with Crippen LogP contribution < -0.4 is 0 Å². The lowest BCUT2D eigenvalue weighted by molar-refractivity contribution is -0.138. The topological polar surface area (TPSA) is 143 Å². The molecule has 0 fully saturated rings. The van der Waals surface area contributed by atoms with E-state index < -0.39 is 42.1 Å². The van der Waals surface area contributed by atoms with Gasteiger partial charge in [0.25, 0.3) is 4.08 Å². The average molecular weight is 483 g/mol. The highest BCUT2D eigenvalue weighted by atomic mass is 32.3. The van der Waals surface area contributed by atoms with Crippen LogP contribution in [-0.2, 0) is 29.3 Å². The van der Waals surface area contributed by atoms with Crippen LogP contribution in [-0.4, -0.2) is 43.1 Å². The molecule has 0 spiro atoms. The number of sulfone groups is 2. The van der Waals surface area contributed by atoms with E-state index in [0.29, 0.717) is 25.7 Å². The molecule has 0 aliphatic rings. The monoisotopic (exact) mass is 482 g/mol. The number of aliphatic carboxylic acids is 2. The molecule has 2 aromatic rings. The smallest absolute Gasteiger partial charge is 0.341 e. The van der Waals surface area contributed by atoms with Gasteiger partial charge >= 0.3 is 11.9 Å². The molecule has 0 amide bonds. The van der Waals surface area contributed by atoms with Crippen molar-refractivity contribution in [2.45, 2.75) is 58.8 Å². The second-order valence-corrected chi connectivity index (χ2v) is 12.0. The van der Waals surface area contributed by atoms with Crippen molar-refractivity contribution in [3.63, 3.8) is 0 Å². The Hall–Kier alpha value is -2.72. The zero-order valence-electron chi connectivity index (χ0n) is 17.4. The zero-order chi connectivity index (χ0) is 23.8. The average Bonchev–Trinajstić information content (AvgIpc) is 2.76. The van der Waals surface area contributed by atoms with Crippen molar-refractivity contribution in [1.29, 1.82) is 0 Å². The lowest BCUT2D eigenvalue weighted by Crippen LogP contribution is -2.53. The number of hydrogen-bond acceptors (Lipinski definition) is 6. The molecule has 2 aromatic carbocycles. The summed E-state index contributed by atoms with van der Waals surface area (Å²) in [4.78, 5) is 22.3. The van der Waals surface area contributed by atoms with Gasteiger partial charge in [0, 0.05) is 6.42 Å². The molecule has 0 saturated carbocycles. The number of benzene rings is 2. The quantitative estimate of drug-likeness (QED) is 0.413. The van der Waals surface area contributed by atoms with Crippen LogP contribution in [0.1, 0.15) is 44.9 Å². The normalized spacial score (nSPS) is 12.4. The van der Waals surface area contributed by atoms with Crippen LogP contribution in [0.25, 0.3) is 0 Å². The fourth-order valence-electron chi connectivity index (χ4n) is 3.49. The summed E-state index contributed by atoms with van der Waals surface area (Å²) in [5.74, 6) is -2.87. The fraction of sp³-hybridized carbons (Fsp3) is 0.364. The number of carboxylic acid groups (broad SMARTS) is 2. The summed E-state index contributed by atoms with van der Waals surface area (Å²) in [5, 5.41) is 18.8. The van der Waals surface area contributed by atoms with E-state index in [9.17, 15) is 31.5 Å². The lowest BCUT2D eigenvalue weighted by Gasteiger charge is -2.29. The predicted molar refractivity (Wildman–Crippen MR) is 118 cm³/mol. The van der Waals surface area contributed by atoms with Crippen molar-refractivity contribution >= 4 is 31.6 Å². The number of hydrogen-bond donors (Lipinski definition) is 2. The summed E-state index contributed by atoms with van der Waals surface area (Å²) >= 11 is 0. The molecule has 174 valence electrons. The van der Waals surface area contributed by atoms with Gasteiger partial charge in [0.2, 0.25) is 19.7 Å². The summed E-state index contributed by atoms with van der Waals surface area (Å²) in [6.07, 6.45) is 1.29. The van der Waals surface area contributed by atoms with Crippen molar-refractivity contribution < 1.29 is 36.6 Å². The minimum atomic E-state index is -4.84. The standard InChI is InChI=1S/C22H26O8S2/c23-20(24)16-10-2-1-3-11-17-22(21(25)26,31(27,28)18-12-6-4-7-13-18)32(29,30)19-14-8-5-9-15-19/h4-9,12-15H,1-3,10-11,16-17H2,(H,23,24)(H,25,26). The van der Waals surface area contributed by atoms with Gasteiger partial charge in [-0.3, -0.25) is 4.79 Å². The number of rotatable bonds is 13. The first-order chi connectivity index (χ1) is 15.1. The van der Waals surface area contributed by atoms with Crippen molar-refractivity contribution in [2.24, 2.45) is 0 Å². The fourth-order valence-corrected chi connectivity index (χ4v) is 8.31. The Bertz CT molecular complexity index is 1060. The van der Waals surface area contributed by atoms with Crippen molar-refractivity contribution in [3.8, 4) is 0 Å². The van der Waals surface area contributed by atoms with Gasteiger partial charge in [-0.05, 0) is 37.1 Å². The first-order valence-electron chi connectivity index (χ1n) is 10.1. The summed E-state index contributed by atoms with van der Waals surface area (Å²) in [6.45, 7) is 0. The Morgan fingerprint density at radius 2 is 1.06 bits per heavy atom. The highest BCUT2D eigenvalue weighted by Crippen LogP contribution is 2.40. The minimum Gasteiger partial charge on any atom is -0.481 e. The van der Waals surface area contributed by atoms with E-state index in [1.54, 1.807) is 12.1 Å². The molecular weight excluding hydrogens is 456 g/mol. The third-order valence-electron chi connectivity index (χ3n) is 5.20. The molecule has 8 nitrogen and oxygen atoms in total. The minimum absolute atomic E-state index is 0.00381. The molecule has 0 aromatic heterocycles. The maximum Gasteiger partial charge on any atom is 0.341 e. The molecule has 0 aliphatic carbocycles. The highest BCUT2D eigenvalue weighted by molar-refractivity contribution is 8.11. The molecule has 32 heavy (non-hydrogen) atoms. The molecule has 0 atom stereocenters. The van der Waals surface area contributed by atoms with Crippen molar-refractivity contribution in [2.75, 3.05) is 0 Å². The third kappa shape index (κ3) is 5.18. The van der Waals surface area contributed by atoms with E-state index in [4.69, 9.17) is 5.11 Å². The Morgan fingerprint density at radius 1 is 0.656 bits per heavy atom. The molecule has 0 aliphatic heterocycles. The lowest BCUT2D eigenvalue weighted by atomic mass is 10.1. The van der Waals surface area contributed by atoms with Crippen LogP contribution in [0.5, 0.6) is 0 Å². The van der Waals surface area contributed by atoms with Crippen LogP contribution in [0.4, 0.5) is 0 Å². The first-order valence-corrected chi connectivity index (χ1v) is 13.1. The second kappa shape index (κ2) is 10.7. The predicted octanol–water partition coefficient (Wildman–Crippen LogP) is 3.53. The molecule has 0 radical (unpaired) electrons. The van der Waals surface area contributed by atoms with Gasteiger partial charge in [0.1, 0.15) is 0 Å². The van der Waals surface area contributed by atoms with Crippen LogP contribution in [0.15, 0.2) is 70.5 Å². The van der Waals surface area contributed by atoms with Gasteiger partial charge in [0.15, 0.2) is 0 Å². The van der Waals surface area contributed by atoms with Crippen LogP contribution >= 0.6 is 0 Å². The summed E-state index contributed by atoms with van der Waals surface area (Å²) in [6, 6.07) is 13.4. The summed E-state index contributed by atoms with van der Waals surface area (Å²) in [7, 11) is -9.68. The van der Waals surface area contributed by atoms with E-state index in [0.717, 1.165) is 0 Å². The maximum absolute atomic E-state index is 13.5. The molecule has 0 unspecified atom stereocenters. The Balaban J connectivity index is 2.46. The zero-order valence-corrected chi connectivity index (χ0v) is 19.0. The first kappa shape index (κ1) is 25.5. The van der Waals surface area contributed by atoms with E-state index in [2.05, 4.69) is 0 Å². The van der Waals surface area contributed by atoms with E-state index in [1.807, 2.05) is 0 Å². The highest BCUT2D eigenvalue weighted by Gasteiger charge is 2.62. The number of carboxylic acids is 2. The molecule has 0 bridgehead atoms. The molecule has 0 saturated heterocycles. The van der Waals surface area contributed by atoms with Gasteiger partial charge in [-0.2, -0.15) is 0 Å². The van der Waals surface area contributed by atoms with Crippen LogP contribution in [0.3, 0.4) is 0 Å². The Kier molecular flexibility index (Phi) is 8.57. The SMILES string of the molecule is O=C(O)CCCCCCCC(C(=O)O)(S(=O)(=O)c1ccccc1)S(=O)(=O)c1ccccc1. The molecule has 0 heterocycles. The summed E-state index contributed by atoms with van der Waals surface area (Å²) in [5.41, 5.74) is 0. The van der Waals surface area contributed by atoms with E-state index in [-0.39, 0.29) is 22.6 Å². The molecule has 10 heteroatoms. The maximum atomic E-state index is 13.5. The van der Waals surface area contributed by atoms with E-state index >= 15 is 0 Å². The van der Waals surface area contributed by atoms with Crippen LogP contribution in [0.2, 0.25) is 0 Å². The van der Waals surface area contributed by atoms with Crippen molar-refractivity contribution in [3.05, 3.63) is 60.7 Å². The van der Waals surface area contributed by atoms with Crippen LogP contribution in [0, 0.1) is 0 Å². The van der Waals surface area contributed by atoms with Gasteiger partial charge in [-0.25, -0.2) is 21.6 Å².